The van der Waals surface area contributed by atoms with Gasteiger partial charge in [-0.15, -0.1) is 0 Å². The van der Waals surface area contributed by atoms with Crippen LogP contribution in [-0.4, -0.2) is 28.5 Å². The summed E-state index contributed by atoms with van der Waals surface area (Å²) >= 11 is 0. The number of nitrogens with zero attached hydrogens (tertiary/aromatic N) is 2. The molecule has 0 saturated carbocycles. The van der Waals surface area contributed by atoms with Crippen LogP contribution in [0.1, 0.15) is 21.6 Å². The summed E-state index contributed by atoms with van der Waals surface area (Å²) < 4.78 is 42.4. The first-order valence-electron chi connectivity index (χ1n) is 8.52. The molecule has 0 aliphatic carbocycles. The Morgan fingerprint density at radius 2 is 1.68 bits per heavy atom. The monoisotopic (exact) mass is 389 g/mol. The van der Waals surface area contributed by atoms with E-state index in [9.17, 15) is 18.0 Å². The average molecular weight is 389 g/mol. The summed E-state index contributed by atoms with van der Waals surface area (Å²) in [5.74, 6) is -0.313. The van der Waals surface area contributed by atoms with Gasteiger partial charge in [-0.2, -0.15) is 18.3 Å². The molecule has 1 heterocycles. The molecule has 0 radical (unpaired) electrons. The van der Waals surface area contributed by atoms with Crippen molar-refractivity contribution < 1.29 is 22.7 Å². The van der Waals surface area contributed by atoms with Crippen molar-refractivity contribution in [1.29, 1.82) is 0 Å². The number of carbonyl (C=O) groups is 1. The van der Waals surface area contributed by atoms with Gasteiger partial charge < -0.3 is 10.1 Å². The third-order valence-corrected chi connectivity index (χ3v) is 3.85. The van der Waals surface area contributed by atoms with Crippen molar-refractivity contribution in [3.63, 3.8) is 0 Å². The summed E-state index contributed by atoms with van der Waals surface area (Å²) in [6.45, 7) is -1.12. The minimum atomic E-state index is -4.34. The lowest BCUT2D eigenvalue weighted by atomic mass is 10.1. The summed E-state index contributed by atoms with van der Waals surface area (Å²) in [5.41, 5.74) is 2.59. The minimum Gasteiger partial charge on any atom is -0.367 e. The van der Waals surface area contributed by atoms with Crippen molar-refractivity contribution in [3.05, 3.63) is 83.7 Å². The summed E-state index contributed by atoms with van der Waals surface area (Å²) in [7, 11) is 0. The summed E-state index contributed by atoms with van der Waals surface area (Å²) in [4.78, 5) is 12.3. The van der Waals surface area contributed by atoms with Crippen molar-refractivity contribution in [2.45, 2.75) is 19.3 Å². The highest BCUT2D eigenvalue weighted by Gasteiger charge is 2.27. The Morgan fingerprint density at radius 3 is 2.36 bits per heavy atom. The number of ether oxygens (including phenoxy) is 1. The number of para-hydroxylation sites is 1. The summed E-state index contributed by atoms with van der Waals surface area (Å²) in [6.07, 6.45) is -2.63. The molecular weight excluding hydrogens is 371 g/mol. The standard InChI is InChI=1S/C20H18F3N3O2/c21-20(22,23)14-28-13-16-8-6-15(7-9-16)12-24-19(27)18-10-11-26(25-18)17-4-2-1-3-5-17/h1-11H,12-14H2,(H,24,27). The fourth-order valence-corrected chi connectivity index (χ4v) is 2.48. The lowest BCUT2D eigenvalue weighted by molar-refractivity contribution is -0.176. The van der Waals surface area contributed by atoms with Crippen LogP contribution in [0, 0.1) is 0 Å². The molecule has 0 atom stereocenters. The van der Waals surface area contributed by atoms with Crippen LogP contribution in [0.2, 0.25) is 0 Å². The molecule has 28 heavy (non-hydrogen) atoms. The Bertz CT molecular complexity index is 906. The molecule has 0 bridgehead atoms. The first-order valence-corrected chi connectivity index (χ1v) is 8.52. The van der Waals surface area contributed by atoms with Crippen molar-refractivity contribution in [2.24, 2.45) is 0 Å². The van der Waals surface area contributed by atoms with E-state index in [-0.39, 0.29) is 19.1 Å². The normalized spacial score (nSPS) is 11.4. The molecule has 0 aliphatic heterocycles. The molecule has 8 heteroatoms. The second-order valence-corrected chi connectivity index (χ2v) is 6.09. The molecule has 0 unspecified atom stereocenters. The first-order chi connectivity index (χ1) is 13.4. The van der Waals surface area contributed by atoms with Gasteiger partial charge in [0.2, 0.25) is 0 Å². The molecule has 0 spiro atoms. The maximum Gasteiger partial charge on any atom is 0.411 e. The highest BCUT2D eigenvalue weighted by molar-refractivity contribution is 5.92. The molecule has 3 aromatic rings. The maximum absolute atomic E-state index is 12.3. The van der Waals surface area contributed by atoms with Crippen LogP contribution in [0.3, 0.4) is 0 Å². The minimum absolute atomic E-state index is 0.122. The SMILES string of the molecule is O=C(NCc1ccc(COCC(F)(F)F)cc1)c1ccn(-c2ccccc2)n1. The van der Waals surface area contributed by atoms with Gasteiger partial charge in [0.15, 0.2) is 5.69 Å². The molecule has 0 saturated heterocycles. The average Bonchev–Trinajstić information content (AvgIpc) is 3.17. The van der Waals surface area contributed by atoms with Crippen LogP contribution < -0.4 is 5.32 Å². The van der Waals surface area contributed by atoms with E-state index in [0.29, 0.717) is 11.3 Å². The number of rotatable bonds is 7. The predicted molar refractivity (Wildman–Crippen MR) is 96.9 cm³/mol. The topological polar surface area (TPSA) is 56.1 Å². The third-order valence-electron chi connectivity index (χ3n) is 3.85. The Balaban J connectivity index is 1.50. The zero-order chi connectivity index (χ0) is 20.0. The Hall–Kier alpha value is -3.13. The van der Waals surface area contributed by atoms with Crippen LogP contribution in [0.15, 0.2) is 66.9 Å². The van der Waals surface area contributed by atoms with Crippen LogP contribution in [0.25, 0.3) is 5.69 Å². The third kappa shape index (κ3) is 5.68. The van der Waals surface area contributed by atoms with Crippen molar-refractivity contribution in [3.8, 4) is 5.69 Å². The molecule has 3 rings (SSSR count). The fourth-order valence-electron chi connectivity index (χ4n) is 2.48. The van der Waals surface area contributed by atoms with Gasteiger partial charge in [0.05, 0.1) is 12.3 Å². The lowest BCUT2D eigenvalue weighted by Gasteiger charge is -2.08. The van der Waals surface area contributed by atoms with E-state index in [1.807, 2.05) is 30.3 Å². The summed E-state index contributed by atoms with van der Waals surface area (Å²) in [6, 6.07) is 17.9. The van der Waals surface area contributed by atoms with E-state index in [0.717, 1.165) is 11.3 Å². The number of carbonyl (C=O) groups excluding carboxylic acids is 1. The molecular formula is C20H18F3N3O2. The number of aromatic nitrogens is 2. The highest BCUT2D eigenvalue weighted by Crippen LogP contribution is 2.16. The molecule has 2 aromatic carbocycles. The Labute approximate surface area is 159 Å². The van der Waals surface area contributed by atoms with Crippen molar-refractivity contribution in [2.75, 3.05) is 6.61 Å². The molecule has 146 valence electrons. The van der Waals surface area contributed by atoms with Gasteiger partial charge in [0.1, 0.15) is 6.61 Å². The molecule has 1 amide bonds. The van der Waals surface area contributed by atoms with Gasteiger partial charge in [-0.3, -0.25) is 4.79 Å². The number of hydrogen-bond acceptors (Lipinski definition) is 3. The van der Waals surface area contributed by atoms with Gasteiger partial charge in [-0.05, 0) is 29.3 Å². The van der Waals surface area contributed by atoms with E-state index >= 15 is 0 Å². The van der Waals surface area contributed by atoms with Gasteiger partial charge in [-0.1, -0.05) is 42.5 Å². The van der Waals surface area contributed by atoms with Crippen LogP contribution >= 0.6 is 0 Å². The number of benzene rings is 2. The maximum atomic E-state index is 12.3. The second-order valence-electron chi connectivity index (χ2n) is 6.09. The van der Waals surface area contributed by atoms with Gasteiger partial charge in [0, 0.05) is 12.7 Å². The fraction of sp³-hybridized carbons (Fsp3) is 0.200. The van der Waals surface area contributed by atoms with E-state index in [4.69, 9.17) is 0 Å². The Morgan fingerprint density at radius 1 is 1.00 bits per heavy atom. The molecule has 0 fully saturated rings. The summed E-state index contributed by atoms with van der Waals surface area (Å²) in [5, 5.41) is 7.02. The van der Waals surface area contributed by atoms with E-state index in [1.54, 1.807) is 41.2 Å². The predicted octanol–water partition coefficient (Wildman–Crippen LogP) is 3.88. The van der Waals surface area contributed by atoms with Crippen molar-refractivity contribution in [1.82, 2.24) is 15.1 Å². The van der Waals surface area contributed by atoms with E-state index in [2.05, 4.69) is 15.2 Å². The molecule has 0 aliphatic rings. The molecule has 1 aromatic heterocycles. The number of hydrogen-bond donors (Lipinski definition) is 1. The van der Waals surface area contributed by atoms with E-state index < -0.39 is 12.8 Å². The van der Waals surface area contributed by atoms with Crippen LogP contribution in [0.4, 0.5) is 13.2 Å². The number of alkyl halides is 3. The Kier molecular flexibility index (Phi) is 6.10. The zero-order valence-electron chi connectivity index (χ0n) is 14.8. The largest absolute Gasteiger partial charge is 0.411 e. The molecule has 5 nitrogen and oxygen atoms in total. The van der Waals surface area contributed by atoms with Crippen LogP contribution in [0.5, 0.6) is 0 Å². The quantitative estimate of drug-likeness (QED) is 0.667. The van der Waals surface area contributed by atoms with E-state index in [1.165, 1.54) is 0 Å². The van der Waals surface area contributed by atoms with Gasteiger partial charge >= 0.3 is 6.18 Å². The number of nitrogens with one attached hydrogen (secondary N) is 1. The smallest absolute Gasteiger partial charge is 0.367 e. The van der Waals surface area contributed by atoms with Crippen LogP contribution in [-0.2, 0) is 17.9 Å². The first kappa shape index (κ1) is 19.6. The second kappa shape index (κ2) is 8.71. The lowest BCUT2D eigenvalue weighted by Crippen LogP contribution is -2.23. The van der Waals surface area contributed by atoms with Crippen molar-refractivity contribution >= 4 is 5.91 Å². The molecule has 1 N–H and O–H groups in total. The number of amides is 1. The van der Waals surface area contributed by atoms with Gasteiger partial charge in [-0.25, -0.2) is 4.68 Å². The highest BCUT2D eigenvalue weighted by atomic mass is 19.4. The zero-order valence-corrected chi connectivity index (χ0v) is 14.8. The van der Waals surface area contributed by atoms with Gasteiger partial charge in [0.25, 0.3) is 5.91 Å². The number of halogens is 3.